The third-order valence-electron chi connectivity index (χ3n) is 4.86. The van der Waals surface area contributed by atoms with Crippen molar-refractivity contribution in [2.45, 2.75) is 6.92 Å². The molecule has 3 aromatic rings. The van der Waals surface area contributed by atoms with Gasteiger partial charge < -0.3 is 24.8 Å². The van der Waals surface area contributed by atoms with Gasteiger partial charge in [-0.25, -0.2) is 9.78 Å². The van der Waals surface area contributed by atoms with Crippen molar-refractivity contribution in [2.24, 2.45) is 0 Å². The molecule has 27 heavy (non-hydrogen) atoms. The molecule has 2 heterocycles. The third-order valence-corrected chi connectivity index (χ3v) is 4.86. The van der Waals surface area contributed by atoms with E-state index in [9.17, 15) is 4.79 Å². The first-order valence-electron chi connectivity index (χ1n) is 9.04. The minimum Gasteiger partial charge on any atom is -0.497 e. The minimum absolute atomic E-state index is 0.0695. The van der Waals surface area contributed by atoms with E-state index in [-0.39, 0.29) is 6.03 Å². The highest BCUT2D eigenvalue weighted by molar-refractivity contribution is 5.92. The molecule has 0 aliphatic carbocycles. The number of H-pyrrole nitrogens is 1. The van der Waals surface area contributed by atoms with E-state index in [0.29, 0.717) is 13.1 Å². The van der Waals surface area contributed by atoms with Crippen LogP contribution in [0, 0.1) is 6.92 Å². The minimum atomic E-state index is -0.0695. The van der Waals surface area contributed by atoms with Crippen LogP contribution in [-0.2, 0) is 0 Å². The summed E-state index contributed by atoms with van der Waals surface area (Å²) in [6.45, 7) is 4.89. The number of hydrogen-bond acceptors (Lipinski definition) is 4. The first kappa shape index (κ1) is 17.2. The number of anilines is 2. The molecule has 2 aromatic carbocycles. The molecular weight excluding hydrogens is 342 g/mol. The van der Waals surface area contributed by atoms with Gasteiger partial charge in [0.1, 0.15) is 11.6 Å². The van der Waals surface area contributed by atoms with Gasteiger partial charge >= 0.3 is 6.03 Å². The summed E-state index contributed by atoms with van der Waals surface area (Å²) in [5.74, 6) is 1.71. The zero-order chi connectivity index (χ0) is 18.8. The number of hydrogen-bond donors (Lipinski definition) is 2. The van der Waals surface area contributed by atoms with E-state index >= 15 is 0 Å². The SMILES string of the molecule is COc1ccc(N2CCN(C(=O)Nc3ccc4nc(C)[nH]c4c3)CC2)cc1. The van der Waals surface area contributed by atoms with E-state index in [1.54, 1.807) is 7.11 Å². The van der Waals surface area contributed by atoms with Crippen molar-refractivity contribution < 1.29 is 9.53 Å². The average Bonchev–Trinajstić information content (AvgIpc) is 3.07. The van der Waals surface area contributed by atoms with Gasteiger partial charge in [-0.1, -0.05) is 0 Å². The molecule has 1 saturated heterocycles. The van der Waals surface area contributed by atoms with Crippen LogP contribution in [0.5, 0.6) is 5.75 Å². The molecule has 0 atom stereocenters. The van der Waals surface area contributed by atoms with Crippen LogP contribution in [0.2, 0.25) is 0 Å². The molecule has 0 radical (unpaired) electrons. The predicted molar refractivity (Wildman–Crippen MR) is 107 cm³/mol. The van der Waals surface area contributed by atoms with Crippen LogP contribution >= 0.6 is 0 Å². The zero-order valence-electron chi connectivity index (χ0n) is 15.5. The lowest BCUT2D eigenvalue weighted by molar-refractivity contribution is 0.208. The van der Waals surface area contributed by atoms with Gasteiger partial charge in [-0.3, -0.25) is 0 Å². The maximum Gasteiger partial charge on any atom is 0.321 e. The Morgan fingerprint density at radius 2 is 1.85 bits per heavy atom. The number of fused-ring (bicyclic) bond motifs is 1. The standard InChI is InChI=1S/C20H23N5O2/c1-14-21-18-8-3-15(13-19(18)22-14)23-20(26)25-11-9-24(10-12-25)16-4-6-17(27-2)7-5-16/h3-8,13H,9-12H2,1-2H3,(H,21,22)(H,23,26). The number of nitrogens with one attached hydrogen (secondary N) is 2. The number of nitrogens with zero attached hydrogens (tertiary/aromatic N) is 3. The van der Waals surface area contributed by atoms with E-state index in [2.05, 4.69) is 32.3 Å². The fourth-order valence-corrected chi connectivity index (χ4v) is 3.38. The largest absolute Gasteiger partial charge is 0.497 e. The van der Waals surface area contributed by atoms with Gasteiger partial charge in [0.05, 0.1) is 18.1 Å². The van der Waals surface area contributed by atoms with E-state index in [1.807, 2.05) is 42.2 Å². The summed E-state index contributed by atoms with van der Waals surface area (Å²) in [6, 6.07) is 13.7. The van der Waals surface area contributed by atoms with Gasteiger partial charge in [-0.05, 0) is 49.4 Å². The predicted octanol–water partition coefficient (Wildman–Crippen LogP) is 3.23. The monoisotopic (exact) mass is 365 g/mol. The molecule has 0 spiro atoms. The van der Waals surface area contributed by atoms with Crippen molar-refractivity contribution in [2.75, 3.05) is 43.5 Å². The molecular formula is C20H23N5O2. The maximum atomic E-state index is 12.6. The Bertz CT molecular complexity index is 943. The molecule has 1 aliphatic heterocycles. The highest BCUT2D eigenvalue weighted by Gasteiger charge is 2.21. The number of ether oxygens (including phenoxy) is 1. The van der Waals surface area contributed by atoms with Crippen molar-refractivity contribution in [1.82, 2.24) is 14.9 Å². The van der Waals surface area contributed by atoms with Crippen LogP contribution < -0.4 is 15.0 Å². The Morgan fingerprint density at radius 3 is 2.56 bits per heavy atom. The molecule has 2 amide bonds. The number of imidazole rings is 1. The van der Waals surface area contributed by atoms with Crippen LogP contribution in [-0.4, -0.2) is 54.2 Å². The highest BCUT2D eigenvalue weighted by atomic mass is 16.5. The Morgan fingerprint density at radius 1 is 1.11 bits per heavy atom. The molecule has 4 rings (SSSR count). The molecule has 1 aromatic heterocycles. The number of carbonyl (C=O) groups is 1. The number of amides is 2. The summed E-state index contributed by atoms with van der Waals surface area (Å²) >= 11 is 0. The van der Waals surface area contributed by atoms with Crippen LogP contribution in [0.4, 0.5) is 16.2 Å². The Balaban J connectivity index is 1.36. The van der Waals surface area contributed by atoms with E-state index in [0.717, 1.165) is 47.1 Å². The Kier molecular flexibility index (Phi) is 4.58. The number of piperazine rings is 1. The molecule has 7 heteroatoms. The summed E-state index contributed by atoms with van der Waals surface area (Å²) < 4.78 is 5.20. The van der Waals surface area contributed by atoms with Crippen molar-refractivity contribution in [3.05, 3.63) is 48.3 Å². The number of carbonyl (C=O) groups excluding carboxylic acids is 1. The summed E-state index contributed by atoms with van der Waals surface area (Å²) in [6.07, 6.45) is 0. The van der Waals surface area contributed by atoms with Crippen LogP contribution in [0.1, 0.15) is 5.82 Å². The van der Waals surface area contributed by atoms with Crippen molar-refractivity contribution in [3.63, 3.8) is 0 Å². The second-order valence-electron chi connectivity index (χ2n) is 6.66. The molecule has 140 valence electrons. The number of benzene rings is 2. The van der Waals surface area contributed by atoms with Gasteiger partial charge in [0.2, 0.25) is 0 Å². The van der Waals surface area contributed by atoms with Crippen LogP contribution in [0.3, 0.4) is 0 Å². The fraction of sp³-hybridized carbons (Fsp3) is 0.300. The number of aromatic amines is 1. The quantitative estimate of drug-likeness (QED) is 0.747. The number of aryl methyl sites for hydroxylation is 1. The second kappa shape index (κ2) is 7.19. The maximum absolute atomic E-state index is 12.6. The van der Waals surface area contributed by atoms with Gasteiger partial charge in [0.25, 0.3) is 0 Å². The summed E-state index contributed by atoms with van der Waals surface area (Å²) in [5, 5.41) is 2.99. The van der Waals surface area contributed by atoms with Gasteiger partial charge in [0.15, 0.2) is 0 Å². The Labute approximate surface area is 157 Å². The second-order valence-corrected chi connectivity index (χ2v) is 6.66. The number of rotatable bonds is 3. The third kappa shape index (κ3) is 3.67. The number of urea groups is 1. The molecule has 0 unspecified atom stereocenters. The molecule has 0 saturated carbocycles. The lowest BCUT2D eigenvalue weighted by Gasteiger charge is -2.36. The summed E-state index contributed by atoms with van der Waals surface area (Å²) in [4.78, 5) is 24.3. The van der Waals surface area contributed by atoms with E-state index in [4.69, 9.17) is 4.74 Å². The van der Waals surface area contributed by atoms with Crippen LogP contribution in [0.15, 0.2) is 42.5 Å². The average molecular weight is 365 g/mol. The Hall–Kier alpha value is -3.22. The van der Waals surface area contributed by atoms with Gasteiger partial charge in [0, 0.05) is 37.6 Å². The fourth-order valence-electron chi connectivity index (χ4n) is 3.38. The highest BCUT2D eigenvalue weighted by Crippen LogP contribution is 2.21. The molecule has 2 N–H and O–H groups in total. The normalized spacial score (nSPS) is 14.4. The first-order valence-corrected chi connectivity index (χ1v) is 9.04. The summed E-state index contributed by atoms with van der Waals surface area (Å²) in [5.41, 5.74) is 3.75. The summed E-state index contributed by atoms with van der Waals surface area (Å²) in [7, 11) is 1.66. The molecule has 1 fully saturated rings. The van der Waals surface area contributed by atoms with Crippen LogP contribution in [0.25, 0.3) is 11.0 Å². The van der Waals surface area contributed by atoms with E-state index < -0.39 is 0 Å². The number of aromatic nitrogens is 2. The van der Waals surface area contributed by atoms with Crippen molar-refractivity contribution in [3.8, 4) is 5.75 Å². The molecule has 7 nitrogen and oxygen atoms in total. The van der Waals surface area contributed by atoms with Gasteiger partial charge in [-0.2, -0.15) is 0 Å². The van der Waals surface area contributed by atoms with Crippen molar-refractivity contribution in [1.29, 1.82) is 0 Å². The van der Waals surface area contributed by atoms with Crippen molar-refractivity contribution >= 4 is 28.4 Å². The topological polar surface area (TPSA) is 73.5 Å². The zero-order valence-corrected chi connectivity index (χ0v) is 15.5. The van der Waals surface area contributed by atoms with E-state index in [1.165, 1.54) is 0 Å². The lowest BCUT2D eigenvalue weighted by atomic mass is 10.2. The molecule has 0 bridgehead atoms. The first-order chi connectivity index (χ1) is 13.1. The van der Waals surface area contributed by atoms with Gasteiger partial charge in [-0.15, -0.1) is 0 Å². The number of methoxy groups -OCH3 is 1. The smallest absolute Gasteiger partial charge is 0.321 e. The lowest BCUT2D eigenvalue weighted by Crippen LogP contribution is -2.50. The molecule has 1 aliphatic rings.